The van der Waals surface area contributed by atoms with E-state index in [0.29, 0.717) is 40.3 Å². The Bertz CT molecular complexity index is 853. The van der Waals surface area contributed by atoms with Gasteiger partial charge in [-0.2, -0.15) is 5.26 Å². The van der Waals surface area contributed by atoms with Crippen LogP contribution in [0.25, 0.3) is 0 Å². The molecule has 1 aromatic heterocycles. The third-order valence-electron chi connectivity index (χ3n) is 3.99. The average Bonchev–Trinajstić information content (AvgIpc) is 2.65. The maximum atomic E-state index is 12.5. The number of likely N-dealkylation sites (tertiary alicyclic amines) is 1. The highest BCUT2D eigenvalue weighted by atomic mass is 35.5. The van der Waals surface area contributed by atoms with Gasteiger partial charge in [0.15, 0.2) is 0 Å². The van der Waals surface area contributed by atoms with Crippen LogP contribution in [0.5, 0.6) is 5.88 Å². The first-order valence-corrected chi connectivity index (χ1v) is 8.84. The number of nitrogens with one attached hydrogen (secondary N) is 1. The van der Waals surface area contributed by atoms with Crippen molar-refractivity contribution < 1.29 is 9.53 Å². The molecule has 0 saturated carbocycles. The number of carbonyl (C=O) groups is 1. The van der Waals surface area contributed by atoms with Gasteiger partial charge in [-0.25, -0.2) is 9.78 Å². The number of carbonyl (C=O) groups excluding carboxylic acids is 1. The Labute approximate surface area is 161 Å². The molecular weight excluding hydrogens is 375 g/mol. The fourth-order valence-corrected chi connectivity index (χ4v) is 3.01. The summed E-state index contributed by atoms with van der Waals surface area (Å²) in [6.45, 7) is 1.07. The van der Waals surface area contributed by atoms with Gasteiger partial charge in [0.1, 0.15) is 6.10 Å². The summed E-state index contributed by atoms with van der Waals surface area (Å²) in [6.07, 6.45) is 2.99. The smallest absolute Gasteiger partial charge is 0.321 e. The van der Waals surface area contributed by atoms with Crippen molar-refractivity contribution in [2.45, 2.75) is 18.9 Å². The van der Waals surface area contributed by atoms with E-state index in [1.54, 1.807) is 35.2 Å². The van der Waals surface area contributed by atoms with Crippen LogP contribution in [-0.4, -0.2) is 35.1 Å². The number of halogens is 2. The second-order valence-electron chi connectivity index (χ2n) is 5.88. The summed E-state index contributed by atoms with van der Waals surface area (Å²) < 4.78 is 5.84. The second kappa shape index (κ2) is 8.26. The zero-order valence-electron chi connectivity index (χ0n) is 13.8. The molecular formula is C18H16Cl2N4O2. The minimum atomic E-state index is -0.226. The largest absolute Gasteiger partial charge is 0.472 e. The average molecular weight is 391 g/mol. The fourth-order valence-electron chi connectivity index (χ4n) is 2.71. The summed E-state index contributed by atoms with van der Waals surface area (Å²) in [5.74, 6) is 0.390. The molecule has 1 fully saturated rings. The standard InChI is InChI=1S/C18H16Cl2N4O2/c19-15-4-3-13(9-16(15)20)23-18(25)24-7-1-2-14(11-24)26-17-8-12(10-21)5-6-22-17/h3-6,8-9,14H,1-2,7,11H2,(H,23,25)/t14-/m0/s1. The summed E-state index contributed by atoms with van der Waals surface area (Å²) in [6, 6.07) is 9.97. The van der Waals surface area contributed by atoms with Gasteiger partial charge in [0.05, 0.1) is 28.2 Å². The number of aromatic nitrogens is 1. The zero-order valence-corrected chi connectivity index (χ0v) is 15.3. The van der Waals surface area contributed by atoms with Crippen LogP contribution in [0.4, 0.5) is 10.5 Å². The molecule has 0 aliphatic carbocycles. The number of urea groups is 1. The molecule has 2 heterocycles. The van der Waals surface area contributed by atoms with Gasteiger partial charge >= 0.3 is 6.03 Å². The first kappa shape index (κ1) is 18.3. The van der Waals surface area contributed by atoms with E-state index in [2.05, 4.69) is 16.4 Å². The van der Waals surface area contributed by atoms with Crippen molar-refractivity contribution in [1.29, 1.82) is 5.26 Å². The molecule has 1 N–H and O–H groups in total. The molecule has 0 radical (unpaired) electrons. The molecule has 0 spiro atoms. The van der Waals surface area contributed by atoms with E-state index in [0.717, 1.165) is 12.8 Å². The Morgan fingerprint density at radius 2 is 2.15 bits per heavy atom. The first-order valence-electron chi connectivity index (χ1n) is 8.09. The van der Waals surface area contributed by atoms with Crippen LogP contribution in [0, 0.1) is 11.3 Å². The van der Waals surface area contributed by atoms with Crippen molar-refractivity contribution in [1.82, 2.24) is 9.88 Å². The van der Waals surface area contributed by atoms with E-state index in [4.69, 9.17) is 33.2 Å². The third-order valence-corrected chi connectivity index (χ3v) is 4.73. The number of amides is 2. The van der Waals surface area contributed by atoms with Crippen LogP contribution >= 0.6 is 23.2 Å². The number of hydrogen-bond acceptors (Lipinski definition) is 4. The third kappa shape index (κ3) is 4.57. The number of hydrogen-bond donors (Lipinski definition) is 1. The maximum absolute atomic E-state index is 12.5. The lowest BCUT2D eigenvalue weighted by Crippen LogP contribution is -2.46. The SMILES string of the molecule is N#Cc1ccnc(O[C@H]2CCCN(C(=O)Nc3ccc(Cl)c(Cl)c3)C2)c1. The van der Waals surface area contributed by atoms with E-state index in [9.17, 15) is 4.79 Å². The summed E-state index contributed by atoms with van der Waals surface area (Å²) in [7, 11) is 0. The first-order chi connectivity index (χ1) is 12.5. The monoisotopic (exact) mass is 390 g/mol. The fraction of sp³-hybridized carbons (Fsp3) is 0.278. The molecule has 1 saturated heterocycles. The molecule has 134 valence electrons. The van der Waals surface area contributed by atoms with Crippen molar-refractivity contribution in [2.75, 3.05) is 18.4 Å². The highest BCUT2D eigenvalue weighted by Gasteiger charge is 2.25. The van der Waals surface area contributed by atoms with Gasteiger partial charge in [-0.15, -0.1) is 0 Å². The van der Waals surface area contributed by atoms with Gasteiger partial charge in [0.25, 0.3) is 0 Å². The molecule has 0 unspecified atom stereocenters. The zero-order chi connectivity index (χ0) is 18.5. The number of nitrogens with zero attached hydrogens (tertiary/aromatic N) is 3. The molecule has 0 bridgehead atoms. The highest BCUT2D eigenvalue weighted by Crippen LogP contribution is 2.25. The maximum Gasteiger partial charge on any atom is 0.321 e. The van der Waals surface area contributed by atoms with Crippen LogP contribution < -0.4 is 10.1 Å². The number of ether oxygens (including phenoxy) is 1. The van der Waals surface area contributed by atoms with E-state index in [1.807, 2.05) is 0 Å². The van der Waals surface area contributed by atoms with E-state index in [1.165, 1.54) is 6.20 Å². The topological polar surface area (TPSA) is 78.2 Å². The van der Waals surface area contributed by atoms with Crippen LogP contribution in [0.1, 0.15) is 18.4 Å². The molecule has 1 atom stereocenters. The number of benzene rings is 1. The van der Waals surface area contributed by atoms with Crippen molar-refractivity contribution in [2.24, 2.45) is 0 Å². The molecule has 2 amide bonds. The van der Waals surface area contributed by atoms with Crippen molar-refractivity contribution in [3.05, 3.63) is 52.1 Å². The predicted octanol–water partition coefficient (Wildman–Crippen LogP) is 4.34. The van der Waals surface area contributed by atoms with Crippen molar-refractivity contribution in [3.8, 4) is 11.9 Å². The van der Waals surface area contributed by atoms with E-state index in [-0.39, 0.29) is 12.1 Å². The molecule has 1 aliphatic heterocycles. The minimum Gasteiger partial charge on any atom is -0.472 e. The van der Waals surface area contributed by atoms with Gasteiger partial charge in [-0.05, 0) is 37.1 Å². The van der Waals surface area contributed by atoms with Crippen LogP contribution in [0.2, 0.25) is 10.0 Å². The molecule has 26 heavy (non-hydrogen) atoms. The lowest BCUT2D eigenvalue weighted by Gasteiger charge is -2.32. The summed E-state index contributed by atoms with van der Waals surface area (Å²) >= 11 is 11.9. The Hall–Kier alpha value is -2.49. The molecule has 6 nitrogen and oxygen atoms in total. The molecule has 1 aromatic carbocycles. The van der Waals surface area contributed by atoms with E-state index < -0.39 is 0 Å². The Morgan fingerprint density at radius 3 is 2.92 bits per heavy atom. The molecule has 8 heteroatoms. The Kier molecular flexibility index (Phi) is 5.82. The number of anilines is 1. The lowest BCUT2D eigenvalue weighted by molar-refractivity contribution is 0.102. The Morgan fingerprint density at radius 1 is 1.31 bits per heavy atom. The lowest BCUT2D eigenvalue weighted by atomic mass is 10.1. The number of nitriles is 1. The quantitative estimate of drug-likeness (QED) is 0.845. The summed E-state index contributed by atoms with van der Waals surface area (Å²) in [4.78, 5) is 18.3. The number of pyridine rings is 1. The molecule has 3 rings (SSSR count). The van der Waals surface area contributed by atoms with Crippen molar-refractivity contribution >= 4 is 34.9 Å². The summed E-state index contributed by atoms with van der Waals surface area (Å²) in [5, 5.41) is 12.6. The van der Waals surface area contributed by atoms with Crippen LogP contribution in [0.3, 0.4) is 0 Å². The van der Waals surface area contributed by atoms with Gasteiger partial charge in [0, 0.05) is 24.5 Å². The predicted molar refractivity (Wildman–Crippen MR) is 99.7 cm³/mol. The Balaban J connectivity index is 1.61. The summed E-state index contributed by atoms with van der Waals surface area (Å²) in [5.41, 5.74) is 1.07. The minimum absolute atomic E-state index is 0.176. The highest BCUT2D eigenvalue weighted by molar-refractivity contribution is 6.42. The molecule has 1 aliphatic rings. The van der Waals surface area contributed by atoms with Gasteiger partial charge in [-0.1, -0.05) is 23.2 Å². The van der Waals surface area contributed by atoms with Crippen LogP contribution in [-0.2, 0) is 0 Å². The van der Waals surface area contributed by atoms with E-state index >= 15 is 0 Å². The normalized spacial score (nSPS) is 16.7. The van der Waals surface area contributed by atoms with Gasteiger partial charge < -0.3 is 15.0 Å². The van der Waals surface area contributed by atoms with Crippen LogP contribution in [0.15, 0.2) is 36.5 Å². The number of rotatable bonds is 3. The number of piperidine rings is 1. The van der Waals surface area contributed by atoms with Gasteiger partial charge in [-0.3, -0.25) is 0 Å². The van der Waals surface area contributed by atoms with Crippen molar-refractivity contribution in [3.63, 3.8) is 0 Å². The second-order valence-corrected chi connectivity index (χ2v) is 6.70. The molecule has 2 aromatic rings. The van der Waals surface area contributed by atoms with Gasteiger partial charge in [0.2, 0.25) is 5.88 Å².